The molecular weight excluding hydrogens is 414 g/mol. The standard InChI is InChI=1S/C19H16BrN3O2S/c1-2-10-23-18(25)15-8-3-4-9-16(15)22-19(23)26-12-17(24)21-14-7-5-6-13(20)11-14/h2-9,11H,1,10,12H2,(H,21,24). The van der Waals surface area contributed by atoms with Crippen molar-refractivity contribution in [3.63, 3.8) is 0 Å². The van der Waals surface area contributed by atoms with E-state index in [-0.39, 0.29) is 17.2 Å². The van der Waals surface area contributed by atoms with E-state index in [4.69, 9.17) is 0 Å². The molecule has 7 heteroatoms. The number of halogens is 1. The van der Waals surface area contributed by atoms with Crippen molar-refractivity contribution in [3.8, 4) is 0 Å². The molecule has 3 rings (SSSR count). The predicted octanol–water partition coefficient (Wildman–Crippen LogP) is 4.08. The second-order valence-corrected chi connectivity index (χ2v) is 7.32. The molecule has 1 heterocycles. The molecule has 0 atom stereocenters. The van der Waals surface area contributed by atoms with Crippen LogP contribution in [0.25, 0.3) is 10.9 Å². The van der Waals surface area contributed by atoms with Crippen molar-refractivity contribution in [2.24, 2.45) is 0 Å². The Labute approximate surface area is 163 Å². The first kappa shape index (κ1) is 18.4. The highest BCUT2D eigenvalue weighted by Gasteiger charge is 2.12. The molecule has 0 unspecified atom stereocenters. The summed E-state index contributed by atoms with van der Waals surface area (Å²) in [5.74, 6) is -0.0188. The molecule has 3 aromatic rings. The van der Waals surface area contributed by atoms with Crippen molar-refractivity contribution in [3.05, 3.63) is 76.0 Å². The van der Waals surface area contributed by atoms with Gasteiger partial charge < -0.3 is 5.32 Å². The van der Waals surface area contributed by atoms with Crippen LogP contribution in [0.4, 0.5) is 5.69 Å². The molecule has 132 valence electrons. The minimum absolute atomic E-state index is 0.134. The third-order valence-electron chi connectivity index (χ3n) is 3.58. The summed E-state index contributed by atoms with van der Waals surface area (Å²) in [7, 11) is 0. The number of carbonyl (C=O) groups excluding carboxylic acids is 1. The first-order valence-corrected chi connectivity index (χ1v) is 9.65. The maximum Gasteiger partial charge on any atom is 0.262 e. The van der Waals surface area contributed by atoms with Gasteiger partial charge in [-0.2, -0.15) is 0 Å². The number of amides is 1. The van der Waals surface area contributed by atoms with Crippen LogP contribution in [0, 0.1) is 0 Å². The highest BCUT2D eigenvalue weighted by atomic mass is 79.9. The molecule has 0 aliphatic rings. The number of nitrogens with zero attached hydrogens (tertiary/aromatic N) is 2. The fourth-order valence-electron chi connectivity index (χ4n) is 2.44. The van der Waals surface area contributed by atoms with Crippen LogP contribution in [-0.2, 0) is 11.3 Å². The molecule has 1 N–H and O–H groups in total. The molecule has 0 saturated heterocycles. The number of hydrogen-bond acceptors (Lipinski definition) is 4. The third kappa shape index (κ3) is 4.23. The van der Waals surface area contributed by atoms with Crippen molar-refractivity contribution >= 4 is 50.2 Å². The second-order valence-electron chi connectivity index (χ2n) is 5.46. The molecule has 1 amide bonds. The number of nitrogens with one attached hydrogen (secondary N) is 1. The van der Waals surface area contributed by atoms with Crippen molar-refractivity contribution < 1.29 is 4.79 Å². The fraction of sp³-hybridized carbons (Fsp3) is 0.105. The summed E-state index contributed by atoms with van der Waals surface area (Å²) in [6.45, 7) is 4.04. The van der Waals surface area contributed by atoms with Crippen LogP contribution in [-0.4, -0.2) is 21.2 Å². The quantitative estimate of drug-likeness (QED) is 0.364. The summed E-state index contributed by atoms with van der Waals surface area (Å²) in [4.78, 5) is 29.4. The van der Waals surface area contributed by atoms with E-state index in [1.165, 1.54) is 16.3 Å². The van der Waals surface area contributed by atoms with Crippen LogP contribution in [0.5, 0.6) is 0 Å². The summed E-state index contributed by atoms with van der Waals surface area (Å²) in [6.07, 6.45) is 1.64. The molecule has 0 spiro atoms. The van der Waals surface area contributed by atoms with Gasteiger partial charge in [-0.3, -0.25) is 14.2 Å². The van der Waals surface area contributed by atoms with Crippen molar-refractivity contribution in [2.75, 3.05) is 11.1 Å². The third-order valence-corrected chi connectivity index (χ3v) is 5.05. The molecule has 1 aromatic heterocycles. The van der Waals surface area contributed by atoms with E-state index >= 15 is 0 Å². The van der Waals surface area contributed by atoms with Gasteiger partial charge in [0, 0.05) is 16.7 Å². The lowest BCUT2D eigenvalue weighted by Crippen LogP contribution is -2.23. The molecule has 26 heavy (non-hydrogen) atoms. The molecule has 0 radical (unpaired) electrons. The van der Waals surface area contributed by atoms with E-state index in [2.05, 4.69) is 32.8 Å². The summed E-state index contributed by atoms with van der Waals surface area (Å²) in [5.41, 5.74) is 1.19. The zero-order chi connectivity index (χ0) is 18.5. The van der Waals surface area contributed by atoms with Gasteiger partial charge in [-0.1, -0.05) is 52.0 Å². The number of aromatic nitrogens is 2. The van der Waals surface area contributed by atoms with Crippen LogP contribution in [0.15, 0.2) is 75.6 Å². The Morgan fingerprint density at radius 3 is 2.85 bits per heavy atom. The largest absolute Gasteiger partial charge is 0.325 e. The van der Waals surface area contributed by atoms with Crippen molar-refractivity contribution in [2.45, 2.75) is 11.7 Å². The average Bonchev–Trinajstić information content (AvgIpc) is 2.63. The van der Waals surface area contributed by atoms with Gasteiger partial charge in [0.1, 0.15) is 0 Å². The monoisotopic (exact) mass is 429 g/mol. The van der Waals surface area contributed by atoms with Gasteiger partial charge in [0.25, 0.3) is 5.56 Å². The number of thioether (sulfide) groups is 1. The lowest BCUT2D eigenvalue weighted by atomic mass is 10.2. The van der Waals surface area contributed by atoms with Crippen LogP contribution >= 0.6 is 27.7 Å². The number of rotatable bonds is 6. The number of hydrogen-bond donors (Lipinski definition) is 1. The van der Waals surface area contributed by atoms with Gasteiger partial charge in [0.05, 0.1) is 16.7 Å². The van der Waals surface area contributed by atoms with Crippen molar-refractivity contribution in [1.29, 1.82) is 0 Å². The Morgan fingerprint density at radius 1 is 1.27 bits per heavy atom. The lowest BCUT2D eigenvalue weighted by molar-refractivity contribution is -0.113. The van der Waals surface area contributed by atoms with E-state index in [1.807, 2.05) is 36.4 Å². The van der Waals surface area contributed by atoms with Gasteiger partial charge >= 0.3 is 0 Å². The van der Waals surface area contributed by atoms with Crippen LogP contribution in [0.1, 0.15) is 0 Å². The summed E-state index contributed by atoms with van der Waals surface area (Å²) < 4.78 is 2.42. The maximum atomic E-state index is 12.7. The fourth-order valence-corrected chi connectivity index (χ4v) is 3.65. The molecule has 5 nitrogen and oxygen atoms in total. The normalized spacial score (nSPS) is 10.7. The molecule has 0 bridgehead atoms. The molecule has 0 aliphatic carbocycles. The van der Waals surface area contributed by atoms with Gasteiger partial charge in [-0.15, -0.1) is 6.58 Å². The first-order chi connectivity index (χ1) is 12.6. The van der Waals surface area contributed by atoms with Gasteiger partial charge in [-0.05, 0) is 30.3 Å². The minimum Gasteiger partial charge on any atom is -0.325 e. The topological polar surface area (TPSA) is 64.0 Å². The van der Waals surface area contributed by atoms with Crippen LogP contribution in [0.3, 0.4) is 0 Å². The zero-order valence-corrected chi connectivity index (χ0v) is 16.2. The van der Waals surface area contributed by atoms with Crippen LogP contribution in [0.2, 0.25) is 0 Å². The Balaban J connectivity index is 1.81. The first-order valence-electron chi connectivity index (χ1n) is 7.87. The Kier molecular flexibility index (Phi) is 5.90. The van der Waals surface area contributed by atoms with Gasteiger partial charge in [-0.25, -0.2) is 4.98 Å². The van der Waals surface area contributed by atoms with E-state index in [0.717, 1.165) is 4.47 Å². The van der Waals surface area contributed by atoms with Gasteiger partial charge in [0.2, 0.25) is 5.91 Å². The van der Waals surface area contributed by atoms with E-state index in [0.29, 0.717) is 28.3 Å². The number of benzene rings is 2. The van der Waals surface area contributed by atoms with E-state index in [9.17, 15) is 9.59 Å². The van der Waals surface area contributed by atoms with E-state index < -0.39 is 0 Å². The smallest absolute Gasteiger partial charge is 0.262 e. The molecular formula is C19H16BrN3O2S. The highest BCUT2D eigenvalue weighted by molar-refractivity contribution is 9.10. The molecule has 2 aromatic carbocycles. The summed E-state index contributed by atoms with van der Waals surface area (Å²) in [5, 5.41) is 3.88. The summed E-state index contributed by atoms with van der Waals surface area (Å²) >= 11 is 4.60. The van der Waals surface area contributed by atoms with Gasteiger partial charge in [0.15, 0.2) is 5.16 Å². The number of carbonyl (C=O) groups is 1. The highest BCUT2D eigenvalue weighted by Crippen LogP contribution is 2.19. The number of anilines is 1. The maximum absolute atomic E-state index is 12.7. The lowest BCUT2D eigenvalue weighted by Gasteiger charge is -2.11. The van der Waals surface area contributed by atoms with Crippen LogP contribution < -0.4 is 10.9 Å². The number of para-hydroxylation sites is 1. The minimum atomic E-state index is -0.166. The Hall–Kier alpha value is -2.38. The summed E-state index contributed by atoms with van der Waals surface area (Å²) in [6, 6.07) is 14.6. The number of fused-ring (bicyclic) bond motifs is 1. The SMILES string of the molecule is C=CCn1c(SCC(=O)Nc2cccc(Br)c2)nc2ccccc2c1=O. The molecule has 0 aliphatic heterocycles. The molecule has 0 fully saturated rings. The number of allylic oxidation sites excluding steroid dienone is 1. The zero-order valence-electron chi connectivity index (χ0n) is 13.8. The van der Waals surface area contributed by atoms with E-state index in [1.54, 1.807) is 18.2 Å². The average molecular weight is 430 g/mol. The second kappa shape index (κ2) is 8.33. The predicted molar refractivity (Wildman–Crippen MR) is 110 cm³/mol. The Bertz CT molecular complexity index is 1030. The molecule has 0 saturated carbocycles. The Morgan fingerprint density at radius 2 is 2.08 bits per heavy atom. The van der Waals surface area contributed by atoms with Crippen molar-refractivity contribution in [1.82, 2.24) is 9.55 Å².